The third-order valence-corrected chi connectivity index (χ3v) is 5.61. The third-order valence-electron chi connectivity index (χ3n) is 3.73. The highest BCUT2D eigenvalue weighted by atomic mass is 35.5. The fourth-order valence-electron chi connectivity index (χ4n) is 2.68. The van der Waals surface area contributed by atoms with Gasteiger partial charge in [0, 0.05) is 25.5 Å². The molecule has 2 atom stereocenters. The van der Waals surface area contributed by atoms with E-state index in [-0.39, 0.29) is 17.6 Å². The van der Waals surface area contributed by atoms with Gasteiger partial charge in [-0.05, 0) is 31.4 Å². The summed E-state index contributed by atoms with van der Waals surface area (Å²) in [5.74, 6) is -0.276. The fraction of sp³-hybridized carbons (Fsp3) is 0.538. The highest BCUT2D eigenvalue weighted by Crippen LogP contribution is 2.29. The van der Waals surface area contributed by atoms with E-state index in [2.05, 4.69) is 4.98 Å². The highest BCUT2D eigenvalue weighted by Gasteiger charge is 2.39. The molecule has 0 radical (unpaired) electrons. The zero-order valence-corrected chi connectivity index (χ0v) is 13.0. The van der Waals surface area contributed by atoms with Gasteiger partial charge in [-0.3, -0.25) is 4.79 Å². The summed E-state index contributed by atoms with van der Waals surface area (Å²) in [6.07, 6.45) is 4.76. The van der Waals surface area contributed by atoms with Crippen LogP contribution in [0.15, 0.2) is 18.3 Å². The summed E-state index contributed by atoms with van der Waals surface area (Å²) in [7, 11) is -1.52. The van der Waals surface area contributed by atoms with Gasteiger partial charge in [0.2, 0.25) is 0 Å². The molecule has 110 valence electrons. The maximum Gasteiger partial charge on any atom is 0.272 e. The van der Waals surface area contributed by atoms with E-state index in [1.165, 1.54) is 17.4 Å². The normalized spacial score (nSPS) is 22.8. The highest BCUT2D eigenvalue weighted by molar-refractivity contribution is 7.91. The van der Waals surface area contributed by atoms with Crippen LogP contribution in [0.4, 0.5) is 0 Å². The van der Waals surface area contributed by atoms with Gasteiger partial charge in [0.1, 0.15) is 5.69 Å². The Morgan fingerprint density at radius 3 is 2.65 bits per heavy atom. The molecule has 1 aliphatic carbocycles. The smallest absolute Gasteiger partial charge is 0.272 e. The van der Waals surface area contributed by atoms with Crippen LogP contribution in [-0.4, -0.2) is 48.8 Å². The lowest BCUT2D eigenvalue weighted by Gasteiger charge is -2.28. The summed E-state index contributed by atoms with van der Waals surface area (Å²) in [5, 5.41) is -0.0252. The number of hydrogen-bond acceptors (Lipinski definition) is 4. The maximum absolute atomic E-state index is 12.3. The monoisotopic (exact) mass is 316 g/mol. The molecule has 0 spiro atoms. The van der Waals surface area contributed by atoms with Crippen molar-refractivity contribution in [2.75, 3.05) is 13.3 Å². The number of halogens is 1. The summed E-state index contributed by atoms with van der Waals surface area (Å²) in [6, 6.07) is 2.86. The average Bonchev–Trinajstić information content (AvgIpc) is 2.87. The van der Waals surface area contributed by atoms with Gasteiger partial charge in [-0.15, -0.1) is 0 Å². The Kier molecular flexibility index (Phi) is 4.34. The van der Waals surface area contributed by atoms with Crippen molar-refractivity contribution >= 4 is 27.3 Å². The Balaban J connectivity index is 2.20. The van der Waals surface area contributed by atoms with E-state index >= 15 is 0 Å². The second-order valence-electron chi connectivity index (χ2n) is 5.14. The van der Waals surface area contributed by atoms with Crippen molar-refractivity contribution in [1.29, 1.82) is 0 Å². The van der Waals surface area contributed by atoms with Crippen molar-refractivity contribution in [2.24, 2.45) is 0 Å². The minimum Gasteiger partial charge on any atom is -0.336 e. The van der Waals surface area contributed by atoms with Gasteiger partial charge in [0.05, 0.1) is 10.3 Å². The SMILES string of the molecule is CN(C(=O)c1ccc(Cl)cn1)[C@H]1CCC[C@@H]1S(C)(=O)=O. The lowest BCUT2D eigenvalue weighted by Crippen LogP contribution is -2.44. The van der Waals surface area contributed by atoms with E-state index in [9.17, 15) is 13.2 Å². The zero-order chi connectivity index (χ0) is 14.9. The molecule has 1 aromatic heterocycles. The Hall–Kier alpha value is -1.14. The van der Waals surface area contributed by atoms with Gasteiger partial charge in [-0.1, -0.05) is 11.6 Å². The number of carbonyl (C=O) groups is 1. The van der Waals surface area contributed by atoms with E-state index in [1.807, 2.05) is 0 Å². The molecule has 5 nitrogen and oxygen atoms in total. The number of aromatic nitrogens is 1. The van der Waals surface area contributed by atoms with E-state index in [0.717, 1.165) is 6.42 Å². The summed E-state index contributed by atoms with van der Waals surface area (Å²) in [5.41, 5.74) is 0.274. The molecule has 1 fully saturated rings. The van der Waals surface area contributed by atoms with Gasteiger partial charge < -0.3 is 4.90 Å². The van der Waals surface area contributed by atoms with Gasteiger partial charge in [0.25, 0.3) is 5.91 Å². The number of amides is 1. The first-order chi connectivity index (χ1) is 9.30. The van der Waals surface area contributed by atoms with E-state index in [1.54, 1.807) is 19.2 Å². The molecule has 1 amide bonds. The number of carbonyl (C=O) groups excluding carboxylic acids is 1. The molecule has 2 rings (SSSR count). The summed E-state index contributed by atoms with van der Waals surface area (Å²) in [4.78, 5) is 17.8. The van der Waals surface area contributed by atoms with Crippen LogP contribution >= 0.6 is 11.6 Å². The number of sulfone groups is 1. The van der Waals surface area contributed by atoms with Crippen molar-refractivity contribution in [3.8, 4) is 0 Å². The molecule has 0 saturated heterocycles. The predicted molar refractivity (Wildman–Crippen MR) is 77.6 cm³/mol. The number of hydrogen-bond donors (Lipinski definition) is 0. The van der Waals surface area contributed by atoms with Gasteiger partial charge in [0.15, 0.2) is 9.84 Å². The predicted octanol–water partition coefficient (Wildman–Crippen LogP) is 1.77. The molecule has 0 aliphatic heterocycles. The molecule has 1 aliphatic rings. The lowest BCUT2D eigenvalue weighted by atomic mass is 10.2. The van der Waals surface area contributed by atoms with Crippen LogP contribution in [-0.2, 0) is 9.84 Å². The van der Waals surface area contributed by atoms with E-state index in [0.29, 0.717) is 17.9 Å². The first-order valence-electron chi connectivity index (χ1n) is 6.38. The summed E-state index contributed by atoms with van der Waals surface area (Å²) < 4.78 is 23.6. The Morgan fingerprint density at radius 2 is 2.10 bits per heavy atom. The molecule has 0 bridgehead atoms. The van der Waals surface area contributed by atoms with Crippen molar-refractivity contribution in [1.82, 2.24) is 9.88 Å². The Labute approximate surface area is 123 Å². The standard InChI is InChI=1S/C13H17ClN2O3S/c1-16(11-4-3-5-12(11)20(2,18)19)13(17)10-7-6-9(14)8-15-10/h6-8,11-12H,3-5H2,1-2H3/t11-,12-/m0/s1. The van der Waals surface area contributed by atoms with Crippen LogP contribution < -0.4 is 0 Å². The number of nitrogens with zero attached hydrogens (tertiary/aromatic N) is 2. The molecule has 0 N–H and O–H groups in total. The van der Waals surface area contributed by atoms with Crippen LogP contribution in [0.2, 0.25) is 5.02 Å². The molecular formula is C13H17ClN2O3S. The third kappa shape index (κ3) is 3.12. The van der Waals surface area contributed by atoms with Gasteiger partial charge in [-0.25, -0.2) is 13.4 Å². The molecular weight excluding hydrogens is 300 g/mol. The first-order valence-corrected chi connectivity index (χ1v) is 8.71. The van der Waals surface area contributed by atoms with E-state index < -0.39 is 15.1 Å². The van der Waals surface area contributed by atoms with Gasteiger partial charge in [-0.2, -0.15) is 0 Å². The first kappa shape index (κ1) is 15.3. The van der Waals surface area contributed by atoms with Crippen LogP contribution in [0.1, 0.15) is 29.8 Å². The van der Waals surface area contributed by atoms with Crippen molar-refractivity contribution in [2.45, 2.75) is 30.6 Å². The second kappa shape index (κ2) is 5.69. The molecule has 1 aromatic rings. The largest absolute Gasteiger partial charge is 0.336 e. The Morgan fingerprint density at radius 1 is 1.40 bits per heavy atom. The molecule has 1 saturated carbocycles. The van der Waals surface area contributed by atoms with Crippen molar-refractivity contribution in [3.63, 3.8) is 0 Å². The van der Waals surface area contributed by atoms with E-state index in [4.69, 9.17) is 11.6 Å². The van der Waals surface area contributed by atoms with Crippen LogP contribution in [0, 0.1) is 0 Å². The van der Waals surface area contributed by atoms with Gasteiger partial charge >= 0.3 is 0 Å². The lowest BCUT2D eigenvalue weighted by molar-refractivity contribution is 0.0731. The summed E-state index contributed by atoms with van der Waals surface area (Å²) >= 11 is 5.74. The number of pyridine rings is 1. The maximum atomic E-state index is 12.3. The topological polar surface area (TPSA) is 67.3 Å². The number of rotatable bonds is 3. The molecule has 1 heterocycles. The fourth-order valence-corrected chi connectivity index (χ4v) is 4.28. The zero-order valence-electron chi connectivity index (χ0n) is 11.4. The minimum absolute atomic E-state index is 0.274. The minimum atomic E-state index is -3.15. The molecule has 7 heteroatoms. The molecule has 20 heavy (non-hydrogen) atoms. The second-order valence-corrected chi connectivity index (χ2v) is 7.84. The Bertz CT molecular complexity index is 601. The van der Waals surface area contributed by atoms with Crippen molar-refractivity contribution in [3.05, 3.63) is 29.0 Å². The quantitative estimate of drug-likeness (QED) is 0.852. The molecule has 0 aromatic carbocycles. The van der Waals surface area contributed by atoms with Crippen LogP contribution in [0.25, 0.3) is 0 Å². The molecule has 0 unspecified atom stereocenters. The average molecular weight is 317 g/mol. The van der Waals surface area contributed by atoms with Crippen molar-refractivity contribution < 1.29 is 13.2 Å². The summed E-state index contributed by atoms with van der Waals surface area (Å²) in [6.45, 7) is 0. The van der Waals surface area contributed by atoms with Crippen LogP contribution in [0.5, 0.6) is 0 Å². The van der Waals surface area contributed by atoms with Crippen LogP contribution in [0.3, 0.4) is 0 Å².